The Balaban J connectivity index is 1.69. The number of amides is 1. The van der Waals surface area contributed by atoms with E-state index in [1.807, 2.05) is 4.90 Å². The van der Waals surface area contributed by atoms with Crippen LogP contribution < -0.4 is 10.1 Å². The van der Waals surface area contributed by atoms with Gasteiger partial charge in [0.15, 0.2) is 5.75 Å². The summed E-state index contributed by atoms with van der Waals surface area (Å²) >= 11 is 0. The molecule has 60 heavy (non-hydrogen) atoms. The van der Waals surface area contributed by atoms with Crippen LogP contribution in [-0.4, -0.2) is 111 Å². The minimum Gasteiger partial charge on any atom is -0.507 e. The van der Waals surface area contributed by atoms with E-state index < -0.39 is 88.8 Å². The number of aliphatic hydroxyl groups excluding tert-OH is 2. The number of rotatable bonds is 5. The van der Waals surface area contributed by atoms with Crippen molar-refractivity contribution in [2.75, 3.05) is 25.5 Å². The maximum absolute atomic E-state index is 14.4. The van der Waals surface area contributed by atoms with Crippen LogP contribution in [0.4, 0.5) is 5.69 Å². The molecular formula is C44H58N4O12. The average molecular weight is 835 g/mol. The quantitative estimate of drug-likeness (QED) is 0.0539. The van der Waals surface area contributed by atoms with Gasteiger partial charge in [-0.3, -0.25) is 14.4 Å². The van der Waals surface area contributed by atoms with E-state index in [4.69, 9.17) is 18.9 Å². The van der Waals surface area contributed by atoms with E-state index in [2.05, 4.69) is 15.5 Å². The summed E-state index contributed by atoms with van der Waals surface area (Å²) in [6.07, 6.45) is 9.29. The summed E-state index contributed by atoms with van der Waals surface area (Å²) in [4.78, 5) is 42.4. The number of benzene rings is 2. The number of Topliss-reactive ketones (excluding diaryl/α,β-unsaturated/α-hetero) is 1. The van der Waals surface area contributed by atoms with Crippen LogP contribution in [0.1, 0.15) is 89.2 Å². The van der Waals surface area contributed by atoms with Crippen LogP contribution in [0.25, 0.3) is 10.8 Å². The molecule has 9 atom stereocenters. The number of methoxy groups -OCH3 is 1. The molecule has 4 aliphatic rings. The smallest absolute Gasteiger partial charge is 0.312 e. The Morgan fingerprint density at radius 2 is 1.62 bits per heavy atom. The van der Waals surface area contributed by atoms with Gasteiger partial charge in [0.1, 0.15) is 29.7 Å². The van der Waals surface area contributed by atoms with Crippen LogP contribution in [0, 0.1) is 30.6 Å². The SMILES string of the molecule is CO[C@H]1/C=C/O[C@@]2(C)Oc3c(C)c(O)c4c(O)c(c(C=N/N=C/N5CCCCC5)c(O)c4c3C2=O)NC(=O)/C(C)=C/C=C/[C@H](C)[C@H](O)[C@@H](C)[C@@H](O)[C@@H](C)[C@H](OC(C)=O)[C@@H]1C. The molecule has 5 bridgehead atoms. The Morgan fingerprint density at radius 3 is 2.27 bits per heavy atom. The lowest BCUT2D eigenvalue weighted by Crippen LogP contribution is -2.46. The molecule has 0 aliphatic carbocycles. The summed E-state index contributed by atoms with van der Waals surface area (Å²) in [5.74, 6) is -8.56. The van der Waals surface area contributed by atoms with Gasteiger partial charge >= 0.3 is 11.8 Å². The van der Waals surface area contributed by atoms with Gasteiger partial charge in [-0.1, -0.05) is 45.9 Å². The third-order valence-corrected chi connectivity index (χ3v) is 11.9. The van der Waals surface area contributed by atoms with Crippen LogP contribution in [0.3, 0.4) is 0 Å². The first kappa shape index (κ1) is 45.6. The van der Waals surface area contributed by atoms with Gasteiger partial charge in [0, 0.05) is 74.2 Å². The number of aromatic hydroxyl groups is 3. The van der Waals surface area contributed by atoms with E-state index in [0.29, 0.717) is 0 Å². The van der Waals surface area contributed by atoms with Crippen LogP contribution in [0.15, 0.2) is 46.3 Å². The van der Waals surface area contributed by atoms with E-state index in [9.17, 15) is 39.9 Å². The fraction of sp³-hybridized carbons (Fsp3) is 0.523. The Labute approximate surface area is 349 Å². The molecule has 326 valence electrons. The molecule has 0 unspecified atom stereocenters. The maximum atomic E-state index is 14.4. The zero-order valence-electron chi connectivity index (χ0n) is 35.6. The number of nitrogens with zero attached hydrogens (tertiary/aromatic N) is 3. The molecule has 6 rings (SSSR count). The molecule has 6 N–H and O–H groups in total. The predicted molar refractivity (Wildman–Crippen MR) is 225 cm³/mol. The number of carbonyl (C=O) groups is 3. The molecule has 0 radical (unpaired) electrons. The third kappa shape index (κ3) is 9.15. The molecule has 2 aromatic carbocycles. The van der Waals surface area contributed by atoms with Crippen molar-refractivity contribution in [3.63, 3.8) is 0 Å². The van der Waals surface area contributed by atoms with Crippen molar-refractivity contribution >= 4 is 46.7 Å². The number of allylic oxidation sites excluding steroid dienone is 2. The van der Waals surface area contributed by atoms with Crippen LogP contribution >= 0.6 is 0 Å². The Morgan fingerprint density at radius 1 is 0.933 bits per heavy atom. The number of likely N-dealkylation sites (tertiary alicyclic amines) is 1. The highest BCUT2D eigenvalue weighted by atomic mass is 16.7. The number of fused-ring (bicyclic) bond motifs is 14. The van der Waals surface area contributed by atoms with Crippen molar-refractivity contribution in [1.82, 2.24) is 4.90 Å². The molecule has 1 saturated heterocycles. The molecule has 16 heteroatoms. The largest absolute Gasteiger partial charge is 0.507 e. The highest BCUT2D eigenvalue weighted by Crippen LogP contribution is 2.55. The monoisotopic (exact) mass is 834 g/mol. The molecule has 0 aromatic heterocycles. The third-order valence-electron chi connectivity index (χ3n) is 11.9. The fourth-order valence-electron chi connectivity index (χ4n) is 8.10. The number of carbonyl (C=O) groups excluding carboxylic acids is 3. The van der Waals surface area contributed by atoms with Crippen molar-refractivity contribution in [3.8, 4) is 23.0 Å². The van der Waals surface area contributed by atoms with Gasteiger partial charge in [-0.25, -0.2) is 0 Å². The minimum absolute atomic E-state index is 0.0408. The van der Waals surface area contributed by atoms with Gasteiger partial charge in [-0.15, -0.1) is 5.10 Å². The summed E-state index contributed by atoms with van der Waals surface area (Å²) in [5.41, 5.74) is -0.544. The van der Waals surface area contributed by atoms with Gasteiger partial charge < -0.3 is 54.7 Å². The molecule has 4 heterocycles. The van der Waals surface area contributed by atoms with E-state index in [1.54, 1.807) is 46.2 Å². The topological polar surface area (TPSA) is 229 Å². The summed E-state index contributed by atoms with van der Waals surface area (Å²) in [7, 11) is 1.43. The fourth-order valence-corrected chi connectivity index (χ4v) is 8.10. The van der Waals surface area contributed by atoms with Crippen molar-refractivity contribution < 1.29 is 58.9 Å². The van der Waals surface area contributed by atoms with Gasteiger partial charge in [-0.2, -0.15) is 5.10 Å². The number of anilines is 1. The highest BCUT2D eigenvalue weighted by molar-refractivity contribution is 6.23. The number of nitrogens with one attached hydrogen (secondary N) is 1. The zero-order valence-corrected chi connectivity index (χ0v) is 35.6. The first-order chi connectivity index (χ1) is 28.3. The first-order valence-electron chi connectivity index (χ1n) is 20.2. The predicted octanol–water partition coefficient (Wildman–Crippen LogP) is 5.60. The average Bonchev–Trinajstić information content (AvgIpc) is 3.48. The second-order valence-electron chi connectivity index (χ2n) is 16.2. The summed E-state index contributed by atoms with van der Waals surface area (Å²) in [5, 5.41) is 68.6. The number of ether oxygens (including phenoxy) is 4. The first-order valence-corrected chi connectivity index (χ1v) is 20.2. The van der Waals surface area contributed by atoms with Crippen molar-refractivity contribution in [1.29, 1.82) is 0 Å². The number of esters is 1. The number of phenols is 3. The standard InChI is InChI=1S/C44H58N4O12/c1-22-14-13-15-23(2)43(56)47-34-29(20-45-46-21-48-17-11-10-12-18-48)38(53)31-32(39(34)54)37(52)27(6)41-33(31)42(55)44(8,60-41)58-19-16-30(57-9)24(3)40(59-28(7)49)26(5)36(51)25(4)35(22)50/h13-16,19-22,24-26,30,35-36,40,50-54H,10-12,17-18H2,1-9H3,(H,47,56)/b14-13+,19-16+,23-15+,45-20?,46-21+/t22-,24+,25+,26+,30-,35-,36+,40+,44-/m0/s1. The number of phenolic OH excluding ortho intramolecular Hbond substituents is 3. The molecule has 16 nitrogen and oxygen atoms in total. The lowest BCUT2D eigenvalue weighted by atomic mass is 9.78. The Hall–Kier alpha value is -5.45. The summed E-state index contributed by atoms with van der Waals surface area (Å²) in [6, 6.07) is 0. The summed E-state index contributed by atoms with van der Waals surface area (Å²) < 4.78 is 23.6. The molecule has 0 spiro atoms. The molecular weight excluding hydrogens is 776 g/mol. The molecule has 1 fully saturated rings. The number of hydrogen-bond donors (Lipinski definition) is 6. The van der Waals surface area contributed by atoms with Crippen molar-refractivity contribution in [3.05, 3.63) is 52.8 Å². The Bertz CT molecular complexity index is 2120. The minimum atomic E-state index is -2.06. The number of piperidine rings is 1. The lowest BCUT2D eigenvalue weighted by Gasteiger charge is -2.38. The number of aliphatic hydroxyl groups is 2. The summed E-state index contributed by atoms with van der Waals surface area (Å²) in [6.45, 7) is 14.1. The van der Waals surface area contributed by atoms with Crippen LogP contribution in [0.5, 0.6) is 23.0 Å². The highest BCUT2D eigenvalue weighted by Gasteiger charge is 2.50. The second kappa shape index (κ2) is 18.9. The maximum Gasteiger partial charge on any atom is 0.312 e. The van der Waals surface area contributed by atoms with Crippen molar-refractivity contribution in [2.24, 2.45) is 33.9 Å². The van der Waals surface area contributed by atoms with Gasteiger partial charge in [-0.05, 0) is 39.2 Å². The van der Waals surface area contributed by atoms with Crippen LogP contribution in [-0.2, 0) is 23.8 Å². The molecule has 1 amide bonds. The number of hydrogen-bond acceptors (Lipinski definition) is 14. The van der Waals surface area contributed by atoms with Gasteiger partial charge in [0.2, 0.25) is 0 Å². The molecule has 4 aliphatic heterocycles. The molecule has 2 aromatic rings. The Kier molecular flexibility index (Phi) is 14.3. The normalized spacial score (nSPS) is 31.5. The zero-order chi connectivity index (χ0) is 44.2. The van der Waals surface area contributed by atoms with E-state index >= 15 is 0 Å². The van der Waals surface area contributed by atoms with Gasteiger partial charge in [0.05, 0.1) is 53.0 Å². The van der Waals surface area contributed by atoms with E-state index in [0.717, 1.165) is 38.6 Å². The van der Waals surface area contributed by atoms with Crippen LogP contribution in [0.2, 0.25) is 0 Å². The van der Waals surface area contributed by atoms with Gasteiger partial charge in [0.25, 0.3) is 11.7 Å². The number of ketones is 1. The van der Waals surface area contributed by atoms with Crippen molar-refractivity contribution in [2.45, 2.75) is 105 Å². The molecule has 0 saturated carbocycles. The van der Waals surface area contributed by atoms with E-state index in [1.165, 1.54) is 53.2 Å². The second-order valence-corrected chi connectivity index (χ2v) is 16.2. The lowest BCUT2D eigenvalue weighted by molar-refractivity contribution is -0.160. The van der Waals surface area contributed by atoms with E-state index in [-0.39, 0.29) is 44.5 Å².